The van der Waals surface area contributed by atoms with E-state index in [1.165, 1.54) is 0 Å². The molecule has 2 aromatic carbocycles. The first-order valence-corrected chi connectivity index (χ1v) is 12.1. The van der Waals surface area contributed by atoms with Crippen molar-refractivity contribution in [3.05, 3.63) is 65.8 Å². The number of nitrogens with one attached hydrogen (secondary N) is 1. The summed E-state index contributed by atoms with van der Waals surface area (Å²) in [5, 5.41) is 1.66. The van der Waals surface area contributed by atoms with E-state index in [4.69, 9.17) is 14.2 Å². The van der Waals surface area contributed by atoms with Crippen LogP contribution in [0.5, 0.6) is 0 Å². The van der Waals surface area contributed by atoms with Crippen LogP contribution in [0.4, 0.5) is 0 Å². The number of fused-ring (bicyclic) bond motifs is 1. The maximum Gasteiger partial charge on any atom is 0.241 e. The van der Waals surface area contributed by atoms with Crippen LogP contribution in [0.1, 0.15) is 12.8 Å². The molecule has 164 valence electrons. The van der Waals surface area contributed by atoms with Gasteiger partial charge in [0.15, 0.2) is 11.5 Å². The Bertz CT molecular complexity index is 1130. The highest BCUT2D eigenvalue weighted by Gasteiger charge is 2.31. The molecule has 0 radical (unpaired) electrons. The van der Waals surface area contributed by atoms with Crippen molar-refractivity contribution >= 4 is 20.8 Å². The Balaban J connectivity index is 1.12. The second kappa shape index (κ2) is 8.53. The molecule has 2 aromatic rings. The van der Waals surface area contributed by atoms with Crippen LogP contribution >= 0.6 is 0 Å². The minimum atomic E-state index is -3.57. The lowest BCUT2D eigenvalue weighted by Crippen LogP contribution is -2.59. The van der Waals surface area contributed by atoms with E-state index in [0.717, 1.165) is 47.4 Å². The fourth-order valence-corrected chi connectivity index (χ4v) is 5.67. The number of hydrogen-bond acceptors (Lipinski definition) is 6. The van der Waals surface area contributed by atoms with Crippen molar-refractivity contribution in [2.75, 3.05) is 39.5 Å². The smallest absolute Gasteiger partial charge is 0.241 e. The van der Waals surface area contributed by atoms with Crippen LogP contribution in [0.2, 0.25) is 0 Å². The molecular weight excluding hydrogens is 416 g/mol. The molecule has 0 aromatic heterocycles. The lowest BCUT2D eigenvalue weighted by Gasteiger charge is -2.39. The minimum Gasteiger partial charge on any atom is -0.490 e. The predicted molar refractivity (Wildman–Crippen MR) is 117 cm³/mol. The molecule has 2 aliphatic heterocycles. The third kappa shape index (κ3) is 4.28. The van der Waals surface area contributed by atoms with E-state index >= 15 is 0 Å². The SMILES string of the molecule is O=S(=O)(NC1CN(CCOC2=CCCC3=C2OCCO3)C1)c1cccc2ccccc12. The summed E-state index contributed by atoms with van der Waals surface area (Å²) in [6, 6.07) is 12.8. The third-order valence-electron chi connectivity index (χ3n) is 5.77. The lowest BCUT2D eigenvalue weighted by atomic mass is 10.1. The van der Waals surface area contributed by atoms with Crippen LogP contribution in [-0.2, 0) is 24.2 Å². The van der Waals surface area contributed by atoms with Crippen molar-refractivity contribution in [1.29, 1.82) is 0 Å². The van der Waals surface area contributed by atoms with E-state index in [1.807, 2.05) is 36.4 Å². The molecule has 0 spiro atoms. The van der Waals surface area contributed by atoms with Gasteiger partial charge in [0.2, 0.25) is 10.0 Å². The first-order chi connectivity index (χ1) is 15.1. The molecule has 0 atom stereocenters. The zero-order chi connectivity index (χ0) is 21.3. The van der Waals surface area contributed by atoms with E-state index in [-0.39, 0.29) is 6.04 Å². The number of allylic oxidation sites excluding steroid dienone is 2. The third-order valence-corrected chi connectivity index (χ3v) is 7.35. The Labute approximate surface area is 182 Å². The van der Waals surface area contributed by atoms with Gasteiger partial charge < -0.3 is 14.2 Å². The molecule has 7 nitrogen and oxygen atoms in total. The van der Waals surface area contributed by atoms with E-state index in [2.05, 4.69) is 9.62 Å². The molecular formula is C23H26N2O5S. The quantitative estimate of drug-likeness (QED) is 0.711. The second-order valence-corrected chi connectivity index (χ2v) is 9.64. The summed E-state index contributed by atoms with van der Waals surface area (Å²) in [6.45, 7) is 3.72. The Hall–Kier alpha value is -2.55. The molecule has 0 unspecified atom stereocenters. The maximum absolute atomic E-state index is 12.9. The normalized spacial score (nSPS) is 19.8. The second-order valence-electron chi connectivity index (χ2n) is 7.96. The maximum atomic E-state index is 12.9. The summed E-state index contributed by atoms with van der Waals surface area (Å²) < 4.78 is 46.0. The highest BCUT2D eigenvalue weighted by atomic mass is 32.2. The van der Waals surface area contributed by atoms with Crippen LogP contribution in [0, 0.1) is 0 Å². The van der Waals surface area contributed by atoms with Crippen molar-refractivity contribution < 1.29 is 22.6 Å². The van der Waals surface area contributed by atoms with Gasteiger partial charge in [-0.15, -0.1) is 0 Å². The average Bonchev–Trinajstić information content (AvgIpc) is 2.77. The number of likely N-dealkylation sites (tertiary alicyclic amines) is 1. The number of ether oxygens (including phenoxy) is 3. The largest absolute Gasteiger partial charge is 0.490 e. The Kier molecular flexibility index (Phi) is 5.60. The lowest BCUT2D eigenvalue weighted by molar-refractivity contribution is 0.0359. The zero-order valence-corrected chi connectivity index (χ0v) is 18.1. The Morgan fingerprint density at radius 3 is 2.77 bits per heavy atom. The fourth-order valence-electron chi connectivity index (χ4n) is 4.23. The first-order valence-electron chi connectivity index (χ1n) is 10.6. The van der Waals surface area contributed by atoms with Gasteiger partial charge in [0.25, 0.3) is 0 Å². The molecule has 0 saturated carbocycles. The summed E-state index contributed by atoms with van der Waals surface area (Å²) in [5.41, 5.74) is 0. The van der Waals surface area contributed by atoms with Crippen LogP contribution in [0.3, 0.4) is 0 Å². The topological polar surface area (TPSA) is 77.1 Å². The number of benzene rings is 2. The van der Waals surface area contributed by atoms with E-state index in [0.29, 0.717) is 37.8 Å². The molecule has 31 heavy (non-hydrogen) atoms. The van der Waals surface area contributed by atoms with Crippen molar-refractivity contribution in [3.8, 4) is 0 Å². The zero-order valence-electron chi connectivity index (χ0n) is 17.2. The fraction of sp³-hybridized carbons (Fsp3) is 0.391. The van der Waals surface area contributed by atoms with E-state index in [1.54, 1.807) is 12.1 Å². The van der Waals surface area contributed by atoms with E-state index in [9.17, 15) is 8.42 Å². The molecule has 0 amide bonds. The molecule has 0 bridgehead atoms. The molecule has 1 aliphatic carbocycles. The van der Waals surface area contributed by atoms with Crippen LogP contribution in [0.25, 0.3) is 10.8 Å². The predicted octanol–water partition coefficient (Wildman–Crippen LogP) is 2.76. The van der Waals surface area contributed by atoms with Crippen molar-refractivity contribution in [3.63, 3.8) is 0 Å². The van der Waals surface area contributed by atoms with Gasteiger partial charge in [-0.05, 0) is 23.9 Å². The van der Waals surface area contributed by atoms with Gasteiger partial charge in [0.05, 0.1) is 4.90 Å². The summed E-state index contributed by atoms with van der Waals surface area (Å²) in [4.78, 5) is 2.50. The monoisotopic (exact) mass is 442 g/mol. The molecule has 3 aliphatic rings. The van der Waals surface area contributed by atoms with Gasteiger partial charge in [-0.2, -0.15) is 0 Å². The van der Waals surface area contributed by atoms with Gasteiger partial charge in [-0.3, -0.25) is 4.90 Å². The van der Waals surface area contributed by atoms with E-state index < -0.39 is 10.0 Å². The Morgan fingerprint density at radius 2 is 1.87 bits per heavy atom. The summed E-state index contributed by atoms with van der Waals surface area (Å²) in [6.07, 6.45) is 3.79. The standard InChI is InChI=1S/C23H26N2O5S/c26-31(27,22-10-3-6-17-5-1-2-7-19(17)22)24-18-15-25(16-18)11-12-28-20-8-4-9-21-23(20)30-14-13-29-21/h1-3,5-8,10,18,24H,4,9,11-16H2. The van der Waals surface area contributed by atoms with Gasteiger partial charge in [0, 0.05) is 37.5 Å². The first kappa shape index (κ1) is 20.4. The summed E-state index contributed by atoms with van der Waals surface area (Å²) >= 11 is 0. The highest BCUT2D eigenvalue weighted by molar-refractivity contribution is 7.89. The van der Waals surface area contributed by atoms with Gasteiger partial charge in [-0.25, -0.2) is 13.1 Å². The molecule has 1 saturated heterocycles. The van der Waals surface area contributed by atoms with Gasteiger partial charge in [-0.1, -0.05) is 36.4 Å². The van der Waals surface area contributed by atoms with Crippen LogP contribution < -0.4 is 4.72 Å². The summed E-state index contributed by atoms with van der Waals surface area (Å²) in [5.74, 6) is 2.38. The van der Waals surface area contributed by atoms with Crippen LogP contribution in [-0.4, -0.2) is 58.8 Å². The minimum absolute atomic E-state index is 0.0951. The van der Waals surface area contributed by atoms with Crippen molar-refractivity contribution in [2.45, 2.75) is 23.8 Å². The average molecular weight is 443 g/mol. The number of rotatable bonds is 7. The van der Waals surface area contributed by atoms with Crippen LogP contribution in [0.15, 0.2) is 70.7 Å². The summed E-state index contributed by atoms with van der Waals surface area (Å²) in [7, 11) is -3.57. The highest BCUT2D eigenvalue weighted by Crippen LogP contribution is 2.30. The van der Waals surface area contributed by atoms with Gasteiger partial charge in [0.1, 0.15) is 25.6 Å². The van der Waals surface area contributed by atoms with Gasteiger partial charge >= 0.3 is 0 Å². The number of nitrogens with zero attached hydrogens (tertiary/aromatic N) is 1. The van der Waals surface area contributed by atoms with Crippen molar-refractivity contribution in [1.82, 2.24) is 9.62 Å². The molecule has 5 rings (SSSR count). The number of hydrogen-bond donors (Lipinski definition) is 1. The molecule has 8 heteroatoms. The Morgan fingerprint density at radius 1 is 1.06 bits per heavy atom. The molecule has 2 heterocycles. The molecule has 1 fully saturated rings. The molecule has 1 N–H and O–H groups in total. The van der Waals surface area contributed by atoms with Crippen molar-refractivity contribution in [2.24, 2.45) is 0 Å². The number of sulfonamides is 1.